The molecule has 2 aromatic heterocycles. The molecule has 0 saturated carbocycles. The van der Waals surface area contributed by atoms with E-state index in [1.807, 2.05) is 41.8 Å². The molecule has 0 amide bonds. The second-order valence-electron chi connectivity index (χ2n) is 7.60. The first-order valence-corrected chi connectivity index (χ1v) is 11.4. The molecule has 0 fully saturated rings. The van der Waals surface area contributed by atoms with E-state index in [0.29, 0.717) is 33.4 Å². The molecule has 1 aromatic carbocycles. The summed E-state index contributed by atoms with van der Waals surface area (Å²) in [5.74, 6) is -1.73. The third-order valence-corrected chi connectivity index (χ3v) is 6.32. The van der Waals surface area contributed by atoms with Gasteiger partial charge in [0.25, 0.3) is 0 Å². The van der Waals surface area contributed by atoms with Gasteiger partial charge in [0, 0.05) is 40.4 Å². The van der Waals surface area contributed by atoms with Crippen LogP contribution < -0.4 is 10.6 Å². The number of hydrogen-bond acceptors (Lipinski definition) is 9. The lowest BCUT2D eigenvalue weighted by atomic mass is 9.79. The molecule has 0 bridgehead atoms. The van der Waals surface area contributed by atoms with Crippen LogP contribution in [0, 0.1) is 0 Å². The number of hydrogen-bond donors (Lipinski definition) is 2. The molecular weight excluding hydrogens is 452 g/mol. The standard InChI is InChI=1S/C25H24N4O4S/c1-14-20(23(30)32-3)22(21(15(2)27-14)24(31)33-4)17-7-5-6-8-18(17)28-25-29-19(13-34-25)16-9-11-26-12-10-16/h5-13,22,27H,1-4H3,(H,28,29). The Morgan fingerprint density at radius 2 is 1.59 bits per heavy atom. The van der Waals surface area contributed by atoms with E-state index in [1.54, 1.807) is 26.2 Å². The van der Waals surface area contributed by atoms with Crippen molar-refractivity contribution >= 4 is 34.1 Å². The van der Waals surface area contributed by atoms with E-state index in [2.05, 4.69) is 15.6 Å². The summed E-state index contributed by atoms with van der Waals surface area (Å²) in [7, 11) is 2.64. The fraction of sp³-hybridized carbons (Fsp3) is 0.200. The lowest BCUT2D eigenvalue weighted by molar-refractivity contribution is -0.137. The SMILES string of the molecule is COC(=O)C1=C(C)NC(C)=C(C(=O)OC)C1c1ccccc1Nc1nc(-c2ccncc2)cs1. The fourth-order valence-corrected chi connectivity index (χ4v) is 4.76. The molecule has 0 saturated heterocycles. The summed E-state index contributed by atoms with van der Waals surface area (Å²) in [5, 5.41) is 9.12. The minimum absolute atomic E-state index is 0.347. The van der Waals surface area contributed by atoms with Crippen LogP contribution in [0.2, 0.25) is 0 Å². The van der Waals surface area contributed by atoms with Gasteiger partial charge in [-0.1, -0.05) is 18.2 Å². The Morgan fingerprint density at radius 3 is 2.21 bits per heavy atom. The monoisotopic (exact) mass is 476 g/mol. The topological polar surface area (TPSA) is 102 Å². The van der Waals surface area contributed by atoms with E-state index in [-0.39, 0.29) is 0 Å². The van der Waals surface area contributed by atoms with Gasteiger partial charge in [-0.05, 0) is 37.6 Å². The van der Waals surface area contributed by atoms with Crippen LogP contribution in [0.3, 0.4) is 0 Å². The van der Waals surface area contributed by atoms with Gasteiger partial charge in [-0.15, -0.1) is 11.3 Å². The summed E-state index contributed by atoms with van der Waals surface area (Å²) >= 11 is 1.46. The molecule has 1 aliphatic heterocycles. The number of esters is 2. The number of carbonyl (C=O) groups excluding carboxylic acids is 2. The number of aromatic nitrogens is 2. The van der Waals surface area contributed by atoms with E-state index in [0.717, 1.165) is 16.8 Å². The van der Waals surface area contributed by atoms with Crippen molar-refractivity contribution in [2.24, 2.45) is 0 Å². The third kappa shape index (κ3) is 4.42. The van der Waals surface area contributed by atoms with Crippen LogP contribution in [-0.4, -0.2) is 36.1 Å². The predicted octanol–water partition coefficient (Wildman–Crippen LogP) is 4.53. The molecule has 0 unspecified atom stereocenters. The van der Waals surface area contributed by atoms with Gasteiger partial charge < -0.3 is 20.1 Å². The molecule has 1 aliphatic rings. The number of methoxy groups -OCH3 is 2. The largest absolute Gasteiger partial charge is 0.466 e. The van der Waals surface area contributed by atoms with Crippen molar-refractivity contribution < 1.29 is 19.1 Å². The van der Waals surface area contributed by atoms with Crippen LogP contribution in [0.25, 0.3) is 11.3 Å². The van der Waals surface area contributed by atoms with Crippen molar-refractivity contribution in [2.45, 2.75) is 19.8 Å². The van der Waals surface area contributed by atoms with Crippen molar-refractivity contribution in [3.63, 3.8) is 0 Å². The van der Waals surface area contributed by atoms with Crippen LogP contribution in [0.1, 0.15) is 25.3 Å². The zero-order valence-corrected chi connectivity index (χ0v) is 20.0. The molecule has 9 heteroatoms. The predicted molar refractivity (Wildman–Crippen MR) is 130 cm³/mol. The molecule has 0 radical (unpaired) electrons. The van der Waals surface area contributed by atoms with E-state index in [1.165, 1.54) is 25.6 Å². The van der Waals surface area contributed by atoms with Crippen molar-refractivity contribution in [3.05, 3.63) is 82.3 Å². The number of ether oxygens (including phenoxy) is 2. The number of anilines is 2. The quantitative estimate of drug-likeness (QED) is 0.501. The first-order valence-electron chi connectivity index (χ1n) is 10.5. The van der Waals surface area contributed by atoms with E-state index < -0.39 is 17.9 Å². The van der Waals surface area contributed by atoms with Crippen molar-refractivity contribution in [2.75, 3.05) is 19.5 Å². The Morgan fingerprint density at radius 1 is 0.971 bits per heavy atom. The molecule has 0 aliphatic carbocycles. The fourth-order valence-electron chi connectivity index (χ4n) is 4.03. The zero-order valence-electron chi connectivity index (χ0n) is 19.2. The molecule has 4 rings (SSSR count). The summed E-state index contributed by atoms with van der Waals surface area (Å²) in [4.78, 5) is 34.4. The Balaban J connectivity index is 1.79. The van der Waals surface area contributed by atoms with Gasteiger partial charge in [-0.3, -0.25) is 4.98 Å². The summed E-state index contributed by atoms with van der Waals surface area (Å²) in [5.41, 5.74) is 5.16. The molecule has 3 heterocycles. The number of nitrogens with zero attached hydrogens (tertiary/aromatic N) is 2. The van der Waals surface area contributed by atoms with Crippen LogP contribution in [0.15, 0.2) is 76.7 Å². The summed E-state index contributed by atoms with van der Waals surface area (Å²) < 4.78 is 10.1. The maximum absolute atomic E-state index is 12.8. The molecule has 174 valence electrons. The molecule has 0 atom stereocenters. The normalized spacial score (nSPS) is 14.0. The van der Waals surface area contributed by atoms with E-state index in [9.17, 15) is 9.59 Å². The molecule has 2 N–H and O–H groups in total. The Labute approximate surface area is 201 Å². The maximum atomic E-state index is 12.8. The van der Waals surface area contributed by atoms with E-state index in [4.69, 9.17) is 14.5 Å². The summed E-state index contributed by atoms with van der Waals surface area (Å²) in [6.45, 7) is 3.57. The number of benzene rings is 1. The highest BCUT2D eigenvalue weighted by molar-refractivity contribution is 7.14. The zero-order chi connectivity index (χ0) is 24.2. The number of pyridine rings is 1. The highest BCUT2D eigenvalue weighted by Crippen LogP contribution is 2.42. The highest BCUT2D eigenvalue weighted by atomic mass is 32.1. The van der Waals surface area contributed by atoms with Gasteiger partial charge in [0.2, 0.25) is 0 Å². The van der Waals surface area contributed by atoms with Gasteiger partial charge in [0.15, 0.2) is 5.13 Å². The number of carbonyl (C=O) groups is 2. The number of nitrogens with one attached hydrogen (secondary N) is 2. The van der Waals surface area contributed by atoms with Crippen LogP contribution >= 0.6 is 11.3 Å². The Bertz CT molecular complexity index is 1260. The molecule has 34 heavy (non-hydrogen) atoms. The minimum atomic E-state index is -0.690. The lowest BCUT2D eigenvalue weighted by Gasteiger charge is -2.31. The first-order chi connectivity index (χ1) is 16.4. The third-order valence-electron chi connectivity index (χ3n) is 5.56. The lowest BCUT2D eigenvalue weighted by Crippen LogP contribution is -2.32. The summed E-state index contributed by atoms with van der Waals surface area (Å²) in [6.07, 6.45) is 3.44. The Kier molecular flexibility index (Phi) is 6.74. The van der Waals surface area contributed by atoms with Crippen molar-refractivity contribution in [1.82, 2.24) is 15.3 Å². The summed E-state index contributed by atoms with van der Waals surface area (Å²) in [6, 6.07) is 11.3. The van der Waals surface area contributed by atoms with Gasteiger partial charge in [0.1, 0.15) is 0 Å². The highest BCUT2D eigenvalue weighted by Gasteiger charge is 2.38. The van der Waals surface area contributed by atoms with Crippen molar-refractivity contribution in [3.8, 4) is 11.3 Å². The van der Waals surface area contributed by atoms with Gasteiger partial charge >= 0.3 is 11.9 Å². The molecule has 8 nitrogen and oxygen atoms in total. The minimum Gasteiger partial charge on any atom is -0.466 e. The van der Waals surface area contributed by atoms with E-state index >= 15 is 0 Å². The number of rotatable bonds is 6. The smallest absolute Gasteiger partial charge is 0.336 e. The molecular formula is C25H24N4O4S. The van der Waals surface area contributed by atoms with Crippen LogP contribution in [-0.2, 0) is 19.1 Å². The van der Waals surface area contributed by atoms with Gasteiger partial charge in [-0.25, -0.2) is 14.6 Å². The number of thiazole rings is 1. The van der Waals surface area contributed by atoms with Gasteiger partial charge in [-0.2, -0.15) is 0 Å². The second-order valence-corrected chi connectivity index (χ2v) is 8.46. The number of dihydropyridines is 1. The maximum Gasteiger partial charge on any atom is 0.336 e. The average molecular weight is 477 g/mol. The second kappa shape index (κ2) is 9.88. The average Bonchev–Trinajstić information content (AvgIpc) is 3.32. The van der Waals surface area contributed by atoms with Crippen LogP contribution in [0.4, 0.5) is 10.8 Å². The number of para-hydroxylation sites is 1. The molecule has 0 spiro atoms. The Hall–Kier alpha value is -3.98. The van der Waals surface area contributed by atoms with Crippen LogP contribution in [0.5, 0.6) is 0 Å². The number of allylic oxidation sites excluding steroid dienone is 2. The van der Waals surface area contributed by atoms with Crippen molar-refractivity contribution in [1.29, 1.82) is 0 Å². The first kappa shape index (κ1) is 23.2. The van der Waals surface area contributed by atoms with Gasteiger partial charge in [0.05, 0.1) is 37.0 Å². The molecule has 3 aromatic rings.